The minimum absolute atomic E-state index is 0.690. The van der Waals surface area contributed by atoms with Crippen molar-refractivity contribution in [1.82, 2.24) is 0 Å². The highest BCUT2D eigenvalue weighted by atomic mass is 16.4. The van der Waals surface area contributed by atoms with E-state index in [0.717, 1.165) is 0 Å². The van der Waals surface area contributed by atoms with Crippen LogP contribution in [-0.4, -0.2) is 70.1 Å². The fourth-order valence-electron chi connectivity index (χ4n) is 1.33. The van der Waals surface area contributed by atoms with Crippen LogP contribution in [0.4, 0.5) is 0 Å². The summed E-state index contributed by atoms with van der Waals surface area (Å²) in [7, 11) is 0. The minimum atomic E-state index is -3.04. The van der Waals surface area contributed by atoms with Gasteiger partial charge in [0.2, 0.25) is 0 Å². The lowest BCUT2D eigenvalue weighted by molar-refractivity contribution is -0.179. The third-order valence-electron chi connectivity index (χ3n) is 2.48. The standard InChI is InChI=1S/C9H17N3O6/c10-1-4(13)7(16)9(18,6(15)3-12)8(17)5(14)2-11/h7-8,16-18H,1-3,10-12H2. The molecule has 104 valence electrons. The maximum Gasteiger partial charge on any atom is 0.190 e. The highest BCUT2D eigenvalue weighted by Crippen LogP contribution is 2.19. The van der Waals surface area contributed by atoms with Crippen LogP contribution in [0.5, 0.6) is 0 Å². The number of ketones is 3. The molecule has 0 spiro atoms. The van der Waals surface area contributed by atoms with E-state index in [0.29, 0.717) is 0 Å². The Hall–Kier alpha value is -1.23. The van der Waals surface area contributed by atoms with Crippen molar-refractivity contribution in [2.45, 2.75) is 17.8 Å². The number of aliphatic hydroxyl groups excluding tert-OH is 2. The van der Waals surface area contributed by atoms with E-state index in [1.54, 1.807) is 0 Å². The van der Waals surface area contributed by atoms with E-state index in [1.165, 1.54) is 0 Å². The molecule has 0 aliphatic rings. The Morgan fingerprint density at radius 1 is 0.889 bits per heavy atom. The van der Waals surface area contributed by atoms with Gasteiger partial charge >= 0.3 is 0 Å². The number of aliphatic hydroxyl groups is 3. The van der Waals surface area contributed by atoms with Crippen LogP contribution in [0.2, 0.25) is 0 Å². The summed E-state index contributed by atoms with van der Waals surface area (Å²) in [5, 5.41) is 29.0. The van der Waals surface area contributed by atoms with Crippen LogP contribution in [0.1, 0.15) is 0 Å². The largest absolute Gasteiger partial charge is 0.382 e. The van der Waals surface area contributed by atoms with Crippen LogP contribution >= 0.6 is 0 Å². The zero-order valence-corrected chi connectivity index (χ0v) is 9.57. The molecular formula is C9H17N3O6. The first kappa shape index (κ1) is 16.8. The molecule has 0 bridgehead atoms. The summed E-state index contributed by atoms with van der Waals surface area (Å²) in [5.41, 5.74) is 11.9. The molecule has 0 heterocycles. The average Bonchev–Trinajstić information content (AvgIpc) is 2.41. The van der Waals surface area contributed by atoms with Gasteiger partial charge < -0.3 is 32.5 Å². The number of Topliss-reactive ketones (excluding diaryl/α,β-unsaturated/α-hetero) is 3. The van der Waals surface area contributed by atoms with Crippen LogP contribution in [0.15, 0.2) is 0 Å². The van der Waals surface area contributed by atoms with Gasteiger partial charge in [-0.1, -0.05) is 0 Å². The Morgan fingerprint density at radius 3 is 1.44 bits per heavy atom. The van der Waals surface area contributed by atoms with Crippen LogP contribution < -0.4 is 17.2 Å². The van der Waals surface area contributed by atoms with Gasteiger partial charge in [0.15, 0.2) is 35.2 Å². The van der Waals surface area contributed by atoms with E-state index in [9.17, 15) is 29.7 Å². The molecule has 0 aliphatic carbocycles. The first-order chi connectivity index (χ1) is 8.27. The second-order valence-corrected chi connectivity index (χ2v) is 3.60. The van der Waals surface area contributed by atoms with Crippen molar-refractivity contribution >= 4 is 17.3 Å². The van der Waals surface area contributed by atoms with Gasteiger partial charge in [-0.15, -0.1) is 0 Å². The lowest BCUT2D eigenvalue weighted by atomic mass is 9.81. The van der Waals surface area contributed by atoms with E-state index in [2.05, 4.69) is 0 Å². The van der Waals surface area contributed by atoms with Gasteiger partial charge in [0.1, 0.15) is 0 Å². The molecule has 9 nitrogen and oxygen atoms in total. The fourth-order valence-corrected chi connectivity index (χ4v) is 1.33. The van der Waals surface area contributed by atoms with Crippen molar-refractivity contribution in [1.29, 1.82) is 0 Å². The van der Waals surface area contributed by atoms with E-state index in [4.69, 9.17) is 17.2 Å². The predicted molar refractivity (Wildman–Crippen MR) is 59.1 cm³/mol. The maximum absolute atomic E-state index is 11.5. The lowest BCUT2D eigenvalue weighted by Crippen LogP contribution is -2.65. The molecule has 0 aromatic heterocycles. The molecule has 0 rings (SSSR count). The number of nitrogens with two attached hydrogens (primary N) is 3. The third kappa shape index (κ3) is 2.96. The first-order valence-corrected chi connectivity index (χ1v) is 5.04. The van der Waals surface area contributed by atoms with Crippen molar-refractivity contribution in [3.63, 3.8) is 0 Å². The molecule has 0 aromatic rings. The molecule has 9 heteroatoms. The second kappa shape index (κ2) is 6.64. The number of carbonyl (C=O) groups is 3. The van der Waals surface area contributed by atoms with E-state index in [-0.39, 0.29) is 0 Å². The van der Waals surface area contributed by atoms with E-state index in [1.807, 2.05) is 0 Å². The molecule has 0 radical (unpaired) electrons. The quantitative estimate of drug-likeness (QED) is 0.249. The maximum atomic E-state index is 11.5. The normalized spacial score (nSPS) is 17.7. The lowest BCUT2D eigenvalue weighted by Gasteiger charge is -2.33. The summed E-state index contributed by atoms with van der Waals surface area (Å²) in [6, 6.07) is 0. The number of carbonyl (C=O) groups excluding carboxylic acids is 3. The van der Waals surface area contributed by atoms with Crippen LogP contribution in [0.3, 0.4) is 0 Å². The van der Waals surface area contributed by atoms with Crippen molar-refractivity contribution < 1.29 is 29.7 Å². The summed E-state index contributed by atoms with van der Waals surface area (Å²) >= 11 is 0. The Bertz CT molecular complexity index is 323. The van der Waals surface area contributed by atoms with Gasteiger partial charge in [0.25, 0.3) is 0 Å². The molecule has 2 unspecified atom stereocenters. The molecule has 9 N–H and O–H groups in total. The molecule has 0 saturated carbocycles. The Labute approximate surface area is 103 Å². The number of hydrogen-bond donors (Lipinski definition) is 6. The van der Waals surface area contributed by atoms with E-state index >= 15 is 0 Å². The topological polar surface area (TPSA) is 190 Å². The molecular weight excluding hydrogens is 246 g/mol. The molecule has 18 heavy (non-hydrogen) atoms. The van der Waals surface area contributed by atoms with Gasteiger partial charge in [-0.3, -0.25) is 14.4 Å². The van der Waals surface area contributed by atoms with E-state index < -0.39 is 54.8 Å². The van der Waals surface area contributed by atoms with Gasteiger partial charge in [0.05, 0.1) is 19.6 Å². The number of rotatable bonds is 8. The minimum Gasteiger partial charge on any atom is -0.382 e. The van der Waals surface area contributed by atoms with Gasteiger partial charge in [0, 0.05) is 0 Å². The van der Waals surface area contributed by atoms with Crippen molar-refractivity contribution in [3.05, 3.63) is 0 Å². The van der Waals surface area contributed by atoms with Crippen LogP contribution in [0.25, 0.3) is 0 Å². The number of hydrogen-bond acceptors (Lipinski definition) is 9. The van der Waals surface area contributed by atoms with Crippen LogP contribution in [-0.2, 0) is 14.4 Å². The highest BCUT2D eigenvalue weighted by Gasteiger charge is 2.53. The third-order valence-corrected chi connectivity index (χ3v) is 2.48. The molecule has 0 saturated heterocycles. The monoisotopic (exact) mass is 263 g/mol. The molecule has 2 atom stereocenters. The molecule has 0 fully saturated rings. The summed E-state index contributed by atoms with van der Waals surface area (Å²) in [6.45, 7) is -2.17. The molecule has 0 aromatic carbocycles. The summed E-state index contributed by atoms with van der Waals surface area (Å²) in [5.74, 6) is -3.52. The second-order valence-electron chi connectivity index (χ2n) is 3.60. The van der Waals surface area contributed by atoms with Crippen molar-refractivity contribution in [2.75, 3.05) is 19.6 Å². The predicted octanol–water partition coefficient (Wildman–Crippen LogP) is -4.98. The zero-order valence-electron chi connectivity index (χ0n) is 9.57. The van der Waals surface area contributed by atoms with Crippen molar-refractivity contribution in [3.8, 4) is 0 Å². The smallest absolute Gasteiger partial charge is 0.190 e. The Morgan fingerprint density at radius 2 is 1.22 bits per heavy atom. The summed E-state index contributed by atoms with van der Waals surface area (Å²) in [4.78, 5) is 33.9. The van der Waals surface area contributed by atoms with Gasteiger partial charge in [-0.2, -0.15) is 0 Å². The van der Waals surface area contributed by atoms with Crippen molar-refractivity contribution in [2.24, 2.45) is 17.2 Å². The first-order valence-electron chi connectivity index (χ1n) is 5.04. The summed E-state index contributed by atoms with van der Waals surface area (Å²) in [6.07, 6.45) is -4.71. The summed E-state index contributed by atoms with van der Waals surface area (Å²) < 4.78 is 0. The molecule has 0 amide bonds. The van der Waals surface area contributed by atoms with Gasteiger partial charge in [-0.25, -0.2) is 0 Å². The molecule has 0 aliphatic heterocycles. The highest BCUT2D eigenvalue weighted by molar-refractivity contribution is 6.03. The average molecular weight is 263 g/mol. The SMILES string of the molecule is NCC(=O)C(O)C(O)(C(=O)CN)C(O)C(=O)CN. The fraction of sp³-hybridized carbons (Fsp3) is 0.667. The van der Waals surface area contributed by atoms with Gasteiger partial charge in [-0.05, 0) is 0 Å². The Balaban J connectivity index is 5.50. The zero-order chi connectivity index (χ0) is 14.5. The van der Waals surface area contributed by atoms with Crippen LogP contribution in [0, 0.1) is 0 Å². The Kier molecular flexibility index (Phi) is 6.18.